The Kier molecular flexibility index (Phi) is 6.17. The van der Waals surface area contributed by atoms with E-state index in [1.54, 1.807) is 0 Å². The number of fused-ring (bicyclic) bond motifs is 1. The van der Waals surface area contributed by atoms with Crippen LogP contribution in [0, 0.1) is 0 Å². The van der Waals surface area contributed by atoms with Crippen molar-refractivity contribution in [2.24, 2.45) is 0 Å². The molecule has 142 valence electrons. The van der Waals surface area contributed by atoms with E-state index in [0.717, 1.165) is 34.8 Å². The van der Waals surface area contributed by atoms with Crippen LogP contribution in [0.25, 0.3) is 16.9 Å². The Hall–Kier alpha value is -1.76. The third-order valence-corrected chi connectivity index (χ3v) is 5.88. The number of likely N-dealkylation sites (tertiary alicyclic amines) is 1. The highest BCUT2D eigenvalue weighted by molar-refractivity contribution is 8.21. The number of imidazole rings is 1. The van der Waals surface area contributed by atoms with Crippen LogP contribution in [0.1, 0.15) is 25.7 Å². The number of halogens is 1. The molecule has 3 heterocycles. The average molecular weight is 403 g/mol. The van der Waals surface area contributed by atoms with E-state index in [1.165, 1.54) is 43.3 Å². The van der Waals surface area contributed by atoms with Gasteiger partial charge in [-0.25, -0.2) is 9.50 Å². The molecule has 0 radical (unpaired) electrons. The van der Waals surface area contributed by atoms with E-state index in [2.05, 4.69) is 15.0 Å². The maximum atomic E-state index is 5.89. The van der Waals surface area contributed by atoms with Crippen LogP contribution in [0.4, 0.5) is 0 Å². The lowest BCUT2D eigenvalue weighted by atomic mass is 10.1. The van der Waals surface area contributed by atoms with Crippen LogP contribution in [0.15, 0.2) is 47.5 Å². The molecule has 2 aromatic heterocycles. The van der Waals surface area contributed by atoms with E-state index in [4.69, 9.17) is 15.4 Å². The molecule has 3 aromatic rings. The topological polar surface area (TPSA) is 42.7 Å². The number of ether oxygens (including phenoxy) is 1. The highest BCUT2D eigenvalue weighted by Crippen LogP contribution is 2.26. The third kappa shape index (κ3) is 4.57. The molecule has 1 aliphatic heterocycles. The van der Waals surface area contributed by atoms with Crippen LogP contribution in [0.5, 0.6) is 5.88 Å². The molecule has 27 heavy (non-hydrogen) atoms. The van der Waals surface area contributed by atoms with Crippen LogP contribution >= 0.6 is 21.7 Å². The van der Waals surface area contributed by atoms with Gasteiger partial charge in [-0.05, 0) is 72.2 Å². The van der Waals surface area contributed by atoms with E-state index >= 15 is 0 Å². The Labute approximate surface area is 168 Å². The zero-order valence-electron chi connectivity index (χ0n) is 15.2. The maximum absolute atomic E-state index is 5.89. The van der Waals surface area contributed by atoms with Gasteiger partial charge in [-0.1, -0.05) is 18.6 Å². The summed E-state index contributed by atoms with van der Waals surface area (Å²) in [6.07, 6.45) is 6.89. The van der Waals surface area contributed by atoms with Crippen LogP contribution in [0.2, 0.25) is 0 Å². The van der Waals surface area contributed by atoms with Gasteiger partial charge in [0.25, 0.3) is 0 Å². The minimum absolute atomic E-state index is 0.633. The average Bonchev–Trinajstić information content (AvgIpc) is 3.15. The van der Waals surface area contributed by atoms with Crippen molar-refractivity contribution in [3.05, 3.63) is 42.6 Å². The minimum atomic E-state index is 0.633. The molecular weight excluding hydrogens is 380 g/mol. The molecule has 1 fully saturated rings. The summed E-state index contributed by atoms with van der Waals surface area (Å²) in [5.41, 5.74) is 2.79. The van der Waals surface area contributed by atoms with Gasteiger partial charge in [0.2, 0.25) is 5.88 Å². The lowest BCUT2D eigenvalue weighted by Crippen LogP contribution is -2.31. The molecule has 1 aromatic carbocycles. The Balaban J connectivity index is 1.41. The fourth-order valence-electron chi connectivity index (χ4n) is 3.46. The van der Waals surface area contributed by atoms with Gasteiger partial charge in [0.05, 0.1) is 18.5 Å². The molecule has 7 heteroatoms. The Bertz CT molecular complexity index is 877. The van der Waals surface area contributed by atoms with Crippen molar-refractivity contribution in [1.29, 1.82) is 0 Å². The normalized spacial score (nSPS) is 15.3. The number of benzene rings is 1. The first kappa shape index (κ1) is 18.6. The SMILES string of the molecule is ClSc1ccc(-c2cnc3ccc(OCCCN4CCCCC4)nn23)cc1. The number of piperidine rings is 1. The lowest BCUT2D eigenvalue weighted by Gasteiger charge is -2.26. The molecular formula is C20H23ClN4OS. The lowest BCUT2D eigenvalue weighted by molar-refractivity contribution is 0.202. The van der Waals surface area contributed by atoms with Gasteiger partial charge in [0, 0.05) is 23.1 Å². The fourth-order valence-corrected chi connectivity index (χ4v) is 4.00. The molecule has 1 aliphatic rings. The molecule has 4 rings (SSSR count). The molecule has 0 spiro atoms. The van der Waals surface area contributed by atoms with Crippen molar-refractivity contribution >= 4 is 27.3 Å². The summed E-state index contributed by atoms with van der Waals surface area (Å²) in [5.74, 6) is 0.633. The molecule has 5 nitrogen and oxygen atoms in total. The zero-order valence-corrected chi connectivity index (χ0v) is 16.8. The summed E-state index contributed by atoms with van der Waals surface area (Å²) in [6.45, 7) is 4.23. The number of rotatable bonds is 7. The summed E-state index contributed by atoms with van der Waals surface area (Å²) in [6, 6.07) is 11.9. The minimum Gasteiger partial charge on any atom is -0.477 e. The second-order valence-electron chi connectivity index (χ2n) is 6.79. The maximum Gasteiger partial charge on any atom is 0.231 e. The first-order valence-corrected chi connectivity index (χ1v) is 11.1. The Morgan fingerprint density at radius 3 is 2.63 bits per heavy atom. The summed E-state index contributed by atoms with van der Waals surface area (Å²) in [5, 5.41) is 4.63. The molecule has 0 saturated carbocycles. The fraction of sp³-hybridized carbons (Fsp3) is 0.400. The van der Waals surface area contributed by atoms with E-state index < -0.39 is 0 Å². The van der Waals surface area contributed by atoms with Crippen molar-refractivity contribution in [2.75, 3.05) is 26.2 Å². The Morgan fingerprint density at radius 2 is 1.85 bits per heavy atom. The second kappa shape index (κ2) is 8.95. The van der Waals surface area contributed by atoms with E-state index in [-0.39, 0.29) is 0 Å². The van der Waals surface area contributed by atoms with Crippen LogP contribution in [-0.2, 0) is 0 Å². The van der Waals surface area contributed by atoms with Gasteiger partial charge in [-0.2, -0.15) is 0 Å². The summed E-state index contributed by atoms with van der Waals surface area (Å²) < 4.78 is 7.73. The molecule has 0 amide bonds. The van der Waals surface area contributed by atoms with Gasteiger partial charge in [0.15, 0.2) is 5.65 Å². The molecule has 0 aliphatic carbocycles. The van der Waals surface area contributed by atoms with Crippen LogP contribution in [-0.4, -0.2) is 45.7 Å². The quantitative estimate of drug-likeness (QED) is 0.526. The van der Waals surface area contributed by atoms with Crippen molar-refractivity contribution in [1.82, 2.24) is 19.5 Å². The van der Waals surface area contributed by atoms with E-state index in [1.807, 2.05) is 47.1 Å². The number of aromatic nitrogens is 3. The highest BCUT2D eigenvalue weighted by Gasteiger charge is 2.11. The summed E-state index contributed by atoms with van der Waals surface area (Å²) in [7, 11) is 7.01. The first-order chi connectivity index (χ1) is 13.3. The Morgan fingerprint density at radius 1 is 1.04 bits per heavy atom. The molecule has 0 atom stereocenters. The standard InChI is InChI=1S/C20H23ClN4OS/c21-27-17-7-5-16(6-8-17)18-15-22-19-9-10-20(23-25(18)19)26-14-4-13-24-11-2-1-3-12-24/h5-10,15H,1-4,11-14H2. The van der Waals surface area contributed by atoms with Crippen molar-refractivity contribution < 1.29 is 4.74 Å². The molecule has 1 saturated heterocycles. The second-order valence-corrected chi connectivity index (χ2v) is 7.88. The predicted octanol–water partition coefficient (Wildman–Crippen LogP) is 4.90. The van der Waals surface area contributed by atoms with E-state index in [0.29, 0.717) is 12.5 Å². The first-order valence-electron chi connectivity index (χ1n) is 9.42. The van der Waals surface area contributed by atoms with Gasteiger partial charge in [-0.3, -0.25) is 0 Å². The van der Waals surface area contributed by atoms with Gasteiger partial charge < -0.3 is 9.64 Å². The van der Waals surface area contributed by atoms with Crippen molar-refractivity contribution in [2.45, 2.75) is 30.6 Å². The number of hydrogen-bond acceptors (Lipinski definition) is 5. The van der Waals surface area contributed by atoms with Crippen molar-refractivity contribution in [3.8, 4) is 17.1 Å². The highest BCUT2D eigenvalue weighted by atomic mass is 35.7. The van der Waals surface area contributed by atoms with E-state index in [9.17, 15) is 0 Å². The molecule has 0 N–H and O–H groups in total. The number of hydrogen-bond donors (Lipinski definition) is 0. The summed E-state index contributed by atoms with van der Waals surface area (Å²) >= 11 is 0. The monoisotopic (exact) mass is 402 g/mol. The van der Waals surface area contributed by atoms with Crippen LogP contribution < -0.4 is 4.74 Å². The van der Waals surface area contributed by atoms with Crippen LogP contribution in [0.3, 0.4) is 0 Å². The summed E-state index contributed by atoms with van der Waals surface area (Å²) in [4.78, 5) is 7.99. The smallest absolute Gasteiger partial charge is 0.231 e. The van der Waals surface area contributed by atoms with Gasteiger partial charge in [0.1, 0.15) is 0 Å². The predicted molar refractivity (Wildman–Crippen MR) is 111 cm³/mol. The molecule has 0 bridgehead atoms. The van der Waals surface area contributed by atoms with Gasteiger partial charge in [-0.15, -0.1) is 5.10 Å². The number of nitrogens with zero attached hydrogens (tertiary/aromatic N) is 4. The third-order valence-electron chi connectivity index (χ3n) is 4.89. The van der Waals surface area contributed by atoms with Gasteiger partial charge >= 0.3 is 0 Å². The zero-order chi connectivity index (χ0) is 18.5. The largest absolute Gasteiger partial charge is 0.477 e. The van der Waals surface area contributed by atoms with Crippen molar-refractivity contribution in [3.63, 3.8) is 0 Å². The molecule has 0 unspecified atom stereocenters.